The summed E-state index contributed by atoms with van der Waals surface area (Å²) in [6.07, 6.45) is 0. The molecule has 5 nitrogen and oxygen atoms in total. The van der Waals surface area contributed by atoms with Crippen LogP contribution in [0, 0.1) is 0 Å². The van der Waals surface area contributed by atoms with Gasteiger partial charge in [0.25, 0.3) is 0 Å². The fourth-order valence-corrected chi connectivity index (χ4v) is 9.05. The highest BCUT2D eigenvalue weighted by molar-refractivity contribution is 7.26. The average Bonchev–Trinajstić information content (AvgIpc) is 3.97. The van der Waals surface area contributed by atoms with Gasteiger partial charge in [-0.2, -0.15) is 0 Å². The van der Waals surface area contributed by atoms with Crippen molar-refractivity contribution < 1.29 is 8.83 Å². The lowest BCUT2D eigenvalue weighted by Crippen LogP contribution is -2.14. The Morgan fingerprint density at radius 2 is 1.05 bits per heavy atom. The molecule has 55 heavy (non-hydrogen) atoms. The molecule has 0 bridgehead atoms. The largest absolute Gasteiger partial charge is 0.456 e. The van der Waals surface area contributed by atoms with Crippen molar-refractivity contribution in [2.75, 3.05) is 9.80 Å². The zero-order valence-corrected chi connectivity index (χ0v) is 30.3. The standard InChI is InChI=1S/C49H31N3O2S/c1-4-16-32(17-5-1)49-50-39-30-35(51(33-18-6-2-7-19-33)41-26-14-24-37-36-22-11-13-29-45(36)55-48(37)41)31-42(47(39)54-49)52(34-20-8-3-9-21-34)40-25-15-28-44-46(40)38-23-10-12-27-43(38)53-44/h1-31H. The first-order valence-corrected chi connectivity index (χ1v) is 19.1. The summed E-state index contributed by atoms with van der Waals surface area (Å²) in [5, 5.41) is 4.57. The topological polar surface area (TPSA) is 45.7 Å². The van der Waals surface area contributed by atoms with Gasteiger partial charge in [0.15, 0.2) is 5.58 Å². The molecule has 0 saturated carbocycles. The minimum Gasteiger partial charge on any atom is -0.456 e. The predicted molar refractivity (Wildman–Crippen MR) is 229 cm³/mol. The van der Waals surface area contributed by atoms with Gasteiger partial charge in [-0.1, -0.05) is 109 Å². The molecule has 3 heterocycles. The lowest BCUT2D eigenvalue weighted by molar-refractivity contribution is 0.620. The smallest absolute Gasteiger partial charge is 0.227 e. The predicted octanol–water partition coefficient (Wildman–Crippen LogP) is 14.7. The molecule has 260 valence electrons. The summed E-state index contributed by atoms with van der Waals surface area (Å²) in [6, 6.07) is 65.4. The second-order valence-corrected chi connectivity index (χ2v) is 14.6. The van der Waals surface area contributed by atoms with Gasteiger partial charge in [0.2, 0.25) is 5.89 Å². The summed E-state index contributed by atoms with van der Waals surface area (Å²) >= 11 is 1.82. The molecule has 6 heteroatoms. The number of hydrogen-bond acceptors (Lipinski definition) is 6. The number of nitrogens with zero attached hydrogens (tertiary/aromatic N) is 3. The number of aromatic nitrogens is 1. The molecule has 0 amide bonds. The molecule has 3 aromatic heterocycles. The number of fused-ring (bicyclic) bond motifs is 7. The summed E-state index contributed by atoms with van der Waals surface area (Å²) in [6.45, 7) is 0. The number of para-hydroxylation sites is 3. The van der Waals surface area contributed by atoms with Crippen LogP contribution < -0.4 is 9.80 Å². The summed E-state index contributed by atoms with van der Waals surface area (Å²) in [7, 11) is 0. The zero-order valence-electron chi connectivity index (χ0n) is 29.5. The highest BCUT2D eigenvalue weighted by Crippen LogP contribution is 2.50. The van der Waals surface area contributed by atoms with E-state index in [1.54, 1.807) is 0 Å². The first-order valence-electron chi connectivity index (χ1n) is 18.3. The van der Waals surface area contributed by atoms with Gasteiger partial charge in [-0.05, 0) is 78.9 Å². The van der Waals surface area contributed by atoms with E-state index in [9.17, 15) is 0 Å². The number of oxazole rings is 1. The summed E-state index contributed by atoms with van der Waals surface area (Å²) in [5.41, 5.74) is 9.91. The molecule has 0 atom stereocenters. The molecule has 11 aromatic rings. The van der Waals surface area contributed by atoms with E-state index in [0.717, 1.165) is 67.1 Å². The second-order valence-electron chi connectivity index (χ2n) is 13.5. The Morgan fingerprint density at radius 1 is 0.436 bits per heavy atom. The Kier molecular flexibility index (Phi) is 7.28. The first kappa shape index (κ1) is 31.4. The SMILES string of the molecule is c1ccc(-c2nc3cc(N(c4ccccc4)c4cccc5c4sc4ccccc45)cc(N(c4ccccc4)c4cccc5oc6ccccc6c45)c3o2)cc1. The minimum absolute atomic E-state index is 0.562. The maximum atomic E-state index is 6.85. The van der Waals surface area contributed by atoms with E-state index in [2.05, 4.69) is 143 Å². The van der Waals surface area contributed by atoms with Gasteiger partial charge in [0.05, 0.1) is 32.8 Å². The third kappa shape index (κ3) is 5.18. The molecular formula is C49H31N3O2S. The van der Waals surface area contributed by atoms with Crippen LogP contribution >= 0.6 is 11.3 Å². The Labute approximate surface area is 320 Å². The lowest BCUT2D eigenvalue weighted by atomic mass is 10.1. The first-order chi connectivity index (χ1) is 27.3. The fraction of sp³-hybridized carbons (Fsp3) is 0. The monoisotopic (exact) mass is 725 g/mol. The quantitative estimate of drug-likeness (QED) is 0.164. The number of anilines is 6. The van der Waals surface area contributed by atoms with Gasteiger partial charge >= 0.3 is 0 Å². The van der Waals surface area contributed by atoms with E-state index in [0.29, 0.717) is 11.5 Å². The highest BCUT2D eigenvalue weighted by atomic mass is 32.1. The molecule has 0 aliphatic heterocycles. The number of rotatable bonds is 7. The Balaban J connectivity index is 1.24. The van der Waals surface area contributed by atoms with Crippen molar-refractivity contribution in [1.29, 1.82) is 0 Å². The lowest BCUT2D eigenvalue weighted by Gasteiger charge is -2.30. The van der Waals surface area contributed by atoms with E-state index >= 15 is 0 Å². The molecule has 0 fully saturated rings. The Bertz CT molecular complexity index is 3170. The van der Waals surface area contributed by atoms with Gasteiger partial charge in [-0.3, -0.25) is 0 Å². The maximum absolute atomic E-state index is 6.85. The van der Waals surface area contributed by atoms with Gasteiger partial charge in [-0.15, -0.1) is 11.3 Å². The summed E-state index contributed by atoms with van der Waals surface area (Å²) in [4.78, 5) is 9.85. The van der Waals surface area contributed by atoms with Crippen LogP contribution in [0.25, 0.3) is 64.7 Å². The Hall–Kier alpha value is -7.15. The van der Waals surface area contributed by atoms with Crippen molar-refractivity contribution in [1.82, 2.24) is 4.98 Å². The highest BCUT2D eigenvalue weighted by Gasteiger charge is 2.27. The van der Waals surface area contributed by atoms with Crippen LogP contribution in [0.5, 0.6) is 0 Å². The molecule has 0 aliphatic carbocycles. The van der Waals surface area contributed by atoms with Crippen molar-refractivity contribution in [3.63, 3.8) is 0 Å². The molecule has 8 aromatic carbocycles. The van der Waals surface area contributed by atoms with E-state index in [1.807, 2.05) is 65.9 Å². The third-order valence-electron chi connectivity index (χ3n) is 10.2. The van der Waals surface area contributed by atoms with Gasteiger partial charge in [0.1, 0.15) is 16.7 Å². The van der Waals surface area contributed by atoms with Crippen molar-refractivity contribution >= 4 is 98.7 Å². The van der Waals surface area contributed by atoms with E-state index in [4.69, 9.17) is 13.8 Å². The fourth-order valence-electron chi connectivity index (χ4n) is 7.84. The average molecular weight is 726 g/mol. The van der Waals surface area contributed by atoms with Crippen LogP contribution in [-0.2, 0) is 0 Å². The van der Waals surface area contributed by atoms with Crippen molar-refractivity contribution in [3.05, 3.63) is 188 Å². The minimum atomic E-state index is 0.562. The number of thiophene rings is 1. The van der Waals surface area contributed by atoms with E-state index < -0.39 is 0 Å². The zero-order chi connectivity index (χ0) is 36.3. The van der Waals surface area contributed by atoms with Gasteiger partial charge in [0, 0.05) is 37.8 Å². The van der Waals surface area contributed by atoms with Crippen LogP contribution in [0.15, 0.2) is 197 Å². The molecule has 0 unspecified atom stereocenters. The molecule has 0 spiro atoms. The van der Waals surface area contributed by atoms with E-state index in [-0.39, 0.29) is 0 Å². The molecule has 11 rings (SSSR count). The molecule has 0 radical (unpaired) electrons. The number of furan rings is 1. The second kappa shape index (κ2) is 12.8. The van der Waals surface area contributed by atoms with Crippen LogP contribution in [-0.4, -0.2) is 4.98 Å². The third-order valence-corrected chi connectivity index (χ3v) is 11.5. The van der Waals surface area contributed by atoms with Gasteiger partial charge < -0.3 is 18.6 Å². The Morgan fingerprint density at radius 3 is 1.85 bits per heavy atom. The summed E-state index contributed by atoms with van der Waals surface area (Å²) in [5.74, 6) is 0.562. The van der Waals surface area contributed by atoms with Crippen LogP contribution in [0.2, 0.25) is 0 Å². The van der Waals surface area contributed by atoms with Crippen LogP contribution in [0.1, 0.15) is 0 Å². The van der Waals surface area contributed by atoms with Gasteiger partial charge in [-0.25, -0.2) is 4.98 Å². The molecule has 0 saturated heterocycles. The van der Waals surface area contributed by atoms with E-state index in [1.165, 1.54) is 20.2 Å². The van der Waals surface area contributed by atoms with Crippen molar-refractivity contribution in [3.8, 4) is 11.5 Å². The molecule has 0 N–H and O–H groups in total. The van der Waals surface area contributed by atoms with Crippen LogP contribution in [0.3, 0.4) is 0 Å². The van der Waals surface area contributed by atoms with Crippen molar-refractivity contribution in [2.24, 2.45) is 0 Å². The molecular weight excluding hydrogens is 695 g/mol. The normalized spacial score (nSPS) is 11.6. The number of hydrogen-bond donors (Lipinski definition) is 0. The maximum Gasteiger partial charge on any atom is 0.227 e. The number of benzene rings is 8. The molecule has 0 aliphatic rings. The van der Waals surface area contributed by atoms with Crippen LogP contribution in [0.4, 0.5) is 34.1 Å². The van der Waals surface area contributed by atoms with Crippen molar-refractivity contribution in [2.45, 2.75) is 0 Å². The summed E-state index contributed by atoms with van der Waals surface area (Å²) < 4.78 is 15.8.